The molecule has 2 N–H and O–H groups in total. The van der Waals surface area contributed by atoms with Crippen LogP contribution in [-0.2, 0) is 21.4 Å². The Bertz CT molecular complexity index is 437. The molecule has 0 spiro atoms. The van der Waals surface area contributed by atoms with Crippen molar-refractivity contribution in [3.8, 4) is 0 Å². The van der Waals surface area contributed by atoms with Crippen LogP contribution in [-0.4, -0.2) is 28.5 Å². The summed E-state index contributed by atoms with van der Waals surface area (Å²) < 4.78 is 0. The molecule has 1 atom stereocenters. The van der Waals surface area contributed by atoms with Crippen molar-refractivity contribution in [2.45, 2.75) is 51.5 Å². The third-order valence-corrected chi connectivity index (χ3v) is 3.98. The Balaban J connectivity index is 2.65. The maximum absolute atomic E-state index is 10.6. The number of aromatic nitrogens is 1. The second-order valence-electron chi connectivity index (χ2n) is 5.51. The lowest BCUT2D eigenvalue weighted by atomic mass is 9.98. The monoisotopic (exact) mass is 284 g/mol. The molecule has 1 aromatic rings. The maximum atomic E-state index is 10.6. The molecular weight excluding hydrogens is 264 g/mol. The second kappa shape index (κ2) is 6.65. The van der Waals surface area contributed by atoms with Crippen molar-refractivity contribution in [2.24, 2.45) is 0 Å². The van der Waals surface area contributed by atoms with Crippen molar-refractivity contribution >= 4 is 23.7 Å². The van der Waals surface area contributed by atoms with E-state index in [1.807, 2.05) is 5.38 Å². The number of carboxylic acid groups (broad SMARTS) is 1. The van der Waals surface area contributed by atoms with Gasteiger partial charge in [0.1, 0.15) is 0 Å². The van der Waals surface area contributed by atoms with Gasteiger partial charge in [-0.3, -0.25) is 9.59 Å². The van der Waals surface area contributed by atoms with E-state index in [0.29, 0.717) is 19.3 Å². The lowest BCUT2D eigenvalue weighted by molar-refractivity contribution is -0.137. The molecule has 0 radical (unpaired) electrons. The van der Waals surface area contributed by atoms with Gasteiger partial charge < -0.3 is 10.4 Å². The molecule has 6 heteroatoms. The molecule has 1 heterocycles. The molecule has 1 rings (SSSR count). The summed E-state index contributed by atoms with van der Waals surface area (Å²) in [6, 6.07) is -0.177. The Hall–Kier alpha value is -1.43. The quantitative estimate of drug-likeness (QED) is 0.750. The molecule has 0 aliphatic carbocycles. The number of thiazole rings is 1. The van der Waals surface area contributed by atoms with E-state index in [4.69, 9.17) is 5.11 Å². The first kappa shape index (κ1) is 15.6. The zero-order valence-corrected chi connectivity index (χ0v) is 12.3. The van der Waals surface area contributed by atoms with Gasteiger partial charge >= 0.3 is 5.97 Å². The highest BCUT2D eigenvalue weighted by Crippen LogP contribution is 2.26. The molecule has 1 aromatic heterocycles. The van der Waals surface area contributed by atoms with Gasteiger partial charge in [0.15, 0.2) is 0 Å². The van der Waals surface area contributed by atoms with Crippen LogP contribution in [0.25, 0.3) is 0 Å². The molecule has 1 unspecified atom stereocenters. The summed E-state index contributed by atoms with van der Waals surface area (Å²) in [7, 11) is 0. The van der Waals surface area contributed by atoms with Gasteiger partial charge in [-0.1, -0.05) is 20.8 Å². The highest BCUT2D eigenvalue weighted by molar-refractivity contribution is 7.09. The standard InChI is InChI=1S/C13H20N2O3S/c1-13(2,3)12-15-10(7-19-12)6-9(14-8-16)4-5-11(17)18/h7-9H,4-6H2,1-3H3,(H,14,16)(H,17,18). The zero-order valence-electron chi connectivity index (χ0n) is 11.5. The number of carbonyl (C=O) groups excluding carboxylic acids is 1. The summed E-state index contributed by atoms with van der Waals surface area (Å²) in [6.07, 6.45) is 1.64. The Morgan fingerprint density at radius 1 is 1.58 bits per heavy atom. The number of carboxylic acids is 1. The highest BCUT2D eigenvalue weighted by Gasteiger charge is 2.19. The third kappa shape index (κ3) is 5.38. The number of hydrogen-bond acceptors (Lipinski definition) is 4. The van der Waals surface area contributed by atoms with E-state index >= 15 is 0 Å². The number of nitrogens with one attached hydrogen (secondary N) is 1. The van der Waals surface area contributed by atoms with Gasteiger partial charge in [-0.15, -0.1) is 11.3 Å². The van der Waals surface area contributed by atoms with Gasteiger partial charge in [-0.25, -0.2) is 4.98 Å². The smallest absolute Gasteiger partial charge is 0.303 e. The lowest BCUT2D eigenvalue weighted by Crippen LogP contribution is -2.30. The molecule has 0 bridgehead atoms. The number of carbonyl (C=O) groups is 2. The van der Waals surface area contributed by atoms with Crippen LogP contribution in [0.4, 0.5) is 0 Å². The van der Waals surface area contributed by atoms with Crippen molar-refractivity contribution in [3.63, 3.8) is 0 Å². The van der Waals surface area contributed by atoms with E-state index in [1.165, 1.54) is 0 Å². The molecule has 19 heavy (non-hydrogen) atoms. The van der Waals surface area contributed by atoms with Crippen molar-refractivity contribution < 1.29 is 14.7 Å². The lowest BCUT2D eigenvalue weighted by Gasteiger charge is -2.15. The Kier molecular flexibility index (Phi) is 5.47. The summed E-state index contributed by atoms with van der Waals surface area (Å²) in [5.41, 5.74) is 0.914. The fourth-order valence-corrected chi connectivity index (χ4v) is 2.56. The highest BCUT2D eigenvalue weighted by atomic mass is 32.1. The average Bonchev–Trinajstić information content (AvgIpc) is 2.74. The first-order chi connectivity index (χ1) is 8.82. The summed E-state index contributed by atoms with van der Waals surface area (Å²) in [5.74, 6) is -0.855. The van der Waals surface area contributed by atoms with E-state index in [9.17, 15) is 9.59 Å². The fraction of sp³-hybridized carbons (Fsp3) is 0.615. The number of amides is 1. The molecule has 0 saturated carbocycles. The predicted molar refractivity (Wildman–Crippen MR) is 74.4 cm³/mol. The van der Waals surface area contributed by atoms with Crippen LogP contribution >= 0.6 is 11.3 Å². The maximum Gasteiger partial charge on any atom is 0.303 e. The van der Waals surface area contributed by atoms with Gasteiger partial charge in [0.05, 0.1) is 10.7 Å². The molecule has 0 aromatic carbocycles. The van der Waals surface area contributed by atoms with E-state index < -0.39 is 5.97 Å². The minimum Gasteiger partial charge on any atom is -0.481 e. The minimum atomic E-state index is -0.855. The first-order valence-corrected chi connectivity index (χ1v) is 7.07. The van der Waals surface area contributed by atoms with Crippen LogP contribution in [0.5, 0.6) is 0 Å². The summed E-state index contributed by atoms with van der Waals surface area (Å²) in [6.45, 7) is 6.30. The molecule has 106 valence electrons. The van der Waals surface area contributed by atoms with Gasteiger partial charge in [0.2, 0.25) is 6.41 Å². The molecule has 0 aliphatic heterocycles. The van der Waals surface area contributed by atoms with Crippen molar-refractivity contribution in [1.82, 2.24) is 10.3 Å². The first-order valence-electron chi connectivity index (χ1n) is 6.19. The van der Waals surface area contributed by atoms with Crippen LogP contribution in [0, 0.1) is 0 Å². The third-order valence-electron chi connectivity index (χ3n) is 2.66. The fourth-order valence-electron chi connectivity index (χ4n) is 1.64. The van der Waals surface area contributed by atoms with Crippen LogP contribution in [0.2, 0.25) is 0 Å². The SMILES string of the molecule is CC(C)(C)c1nc(CC(CCC(=O)O)NC=O)cs1. The van der Waals surface area contributed by atoms with Crippen LogP contribution in [0.1, 0.15) is 44.3 Å². The van der Waals surface area contributed by atoms with Crippen molar-refractivity contribution in [2.75, 3.05) is 0 Å². The van der Waals surface area contributed by atoms with E-state index in [1.54, 1.807) is 11.3 Å². The summed E-state index contributed by atoms with van der Waals surface area (Å²) in [4.78, 5) is 25.7. The number of hydrogen-bond donors (Lipinski definition) is 2. The summed E-state index contributed by atoms with van der Waals surface area (Å²) in [5, 5.41) is 14.4. The van der Waals surface area contributed by atoms with Crippen molar-refractivity contribution in [3.05, 3.63) is 16.1 Å². The molecule has 0 aliphatic rings. The van der Waals surface area contributed by atoms with Crippen LogP contribution in [0.15, 0.2) is 5.38 Å². The normalized spacial score (nSPS) is 13.0. The summed E-state index contributed by atoms with van der Waals surface area (Å²) >= 11 is 1.60. The molecule has 1 amide bonds. The minimum absolute atomic E-state index is 0.0115. The Morgan fingerprint density at radius 2 is 2.26 bits per heavy atom. The largest absolute Gasteiger partial charge is 0.481 e. The zero-order chi connectivity index (χ0) is 14.5. The number of aliphatic carboxylic acids is 1. The number of nitrogens with zero attached hydrogens (tertiary/aromatic N) is 1. The average molecular weight is 284 g/mol. The Labute approximate surface area is 117 Å². The van der Waals surface area contributed by atoms with E-state index in [2.05, 4.69) is 31.1 Å². The molecule has 5 nitrogen and oxygen atoms in total. The van der Waals surface area contributed by atoms with Gasteiger partial charge in [0, 0.05) is 29.7 Å². The molecule has 0 saturated heterocycles. The van der Waals surface area contributed by atoms with E-state index in [-0.39, 0.29) is 17.9 Å². The predicted octanol–water partition coefficient (Wildman–Crippen LogP) is 1.96. The van der Waals surface area contributed by atoms with Crippen LogP contribution in [0.3, 0.4) is 0 Å². The Morgan fingerprint density at radius 3 is 2.74 bits per heavy atom. The van der Waals surface area contributed by atoms with Crippen molar-refractivity contribution in [1.29, 1.82) is 0 Å². The molecule has 0 fully saturated rings. The second-order valence-corrected chi connectivity index (χ2v) is 6.37. The van der Waals surface area contributed by atoms with Gasteiger partial charge in [0.25, 0.3) is 0 Å². The van der Waals surface area contributed by atoms with E-state index in [0.717, 1.165) is 10.7 Å². The van der Waals surface area contributed by atoms with Gasteiger partial charge in [-0.2, -0.15) is 0 Å². The van der Waals surface area contributed by atoms with Crippen LogP contribution < -0.4 is 5.32 Å². The number of rotatable bonds is 7. The molecular formula is C13H20N2O3S. The van der Waals surface area contributed by atoms with Gasteiger partial charge in [-0.05, 0) is 6.42 Å². The topological polar surface area (TPSA) is 79.3 Å².